The van der Waals surface area contributed by atoms with Crippen molar-refractivity contribution >= 4 is 16.9 Å². The van der Waals surface area contributed by atoms with Gasteiger partial charge in [0.15, 0.2) is 5.84 Å². The van der Waals surface area contributed by atoms with Crippen LogP contribution in [0.3, 0.4) is 0 Å². The lowest BCUT2D eigenvalue weighted by molar-refractivity contribution is 0.318. The number of aryl methyl sites for hydroxylation is 1. The maximum atomic E-state index is 13.4. The van der Waals surface area contributed by atoms with Crippen LogP contribution in [0.4, 0.5) is 4.39 Å². The number of fused-ring (bicyclic) bond motifs is 1. The topological polar surface area (TPSA) is 87.3 Å². The van der Waals surface area contributed by atoms with Crippen LogP contribution in [0, 0.1) is 12.7 Å². The van der Waals surface area contributed by atoms with Crippen molar-refractivity contribution in [3.8, 4) is 0 Å². The summed E-state index contributed by atoms with van der Waals surface area (Å²) >= 11 is 0. The van der Waals surface area contributed by atoms with E-state index in [0.29, 0.717) is 16.9 Å². The van der Waals surface area contributed by atoms with E-state index >= 15 is 0 Å². The lowest BCUT2D eigenvalue weighted by atomic mass is 10.1. The van der Waals surface area contributed by atoms with E-state index in [1.807, 2.05) is 0 Å². The molecule has 2 aromatic rings. The third-order valence-electron chi connectivity index (χ3n) is 2.09. The molecule has 4 N–H and O–H groups in total. The SMILES string of the molecule is Cc1nc2c(/C(N)=N/O)c(F)ccc2[nH]1. The molecule has 0 atom stereocenters. The number of H-pyrrole nitrogens is 1. The van der Waals surface area contributed by atoms with E-state index in [4.69, 9.17) is 10.9 Å². The Morgan fingerprint density at radius 2 is 2.33 bits per heavy atom. The van der Waals surface area contributed by atoms with Crippen molar-refractivity contribution in [2.45, 2.75) is 6.92 Å². The number of halogens is 1. The first-order chi connectivity index (χ1) is 7.13. The van der Waals surface area contributed by atoms with Crippen molar-refractivity contribution < 1.29 is 9.60 Å². The van der Waals surface area contributed by atoms with Crippen molar-refractivity contribution in [3.05, 3.63) is 29.3 Å². The second-order valence-corrected chi connectivity index (χ2v) is 3.13. The summed E-state index contributed by atoms with van der Waals surface area (Å²) in [5.74, 6) is -0.212. The average Bonchev–Trinajstić information content (AvgIpc) is 2.57. The first-order valence-corrected chi connectivity index (χ1v) is 4.26. The van der Waals surface area contributed by atoms with Gasteiger partial charge in [-0.15, -0.1) is 0 Å². The van der Waals surface area contributed by atoms with E-state index in [0.717, 1.165) is 0 Å². The molecule has 0 radical (unpaired) electrons. The van der Waals surface area contributed by atoms with E-state index in [9.17, 15) is 4.39 Å². The number of aromatic nitrogens is 2. The first-order valence-electron chi connectivity index (χ1n) is 4.26. The van der Waals surface area contributed by atoms with Crippen LogP contribution >= 0.6 is 0 Å². The summed E-state index contributed by atoms with van der Waals surface area (Å²) < 4.78 is 13.4. The number of hydrogen-bond donors (Lipinski definition) is 3. The minimum absolute atomic E-state index is 0.0133. The molecular formula is C9H9FN4O. The molecule has 15 heavy (non-hydrogen) atoms. The van der Waals surface area contributed by atoms with Crippen molar-refractivity contribution in [2.75, 3.05) is 0 Å². The highest BCUT2D eigenvalue weighted by molar-refractivity contribution is 6.07. The van der Waals surface area contributed by atoms with Gasteiger partial charge in [-0.1, -0.05) is 5.16 Å². The summed E-state index contributed by atoms with van der Waals surface area (Å²) in [6.45, 7) is 1.74. The first kappa shape index (κ1) is 9.45. The molecule has 0 saturated heterocycles. The molecule has 0 aliphatic rings. The Bertz CT molecular complexity index is 546. The molecule has 0 aliphatic carbocycles. The van der Waals surface area contributed by atoms with Crippen LogP contribution in [0.2, 0.25) is 0 Å². The van der Waals surface area contributed by atoms with Crippen LogP contribution in [0.15, 0.2) is 17.3 Å². The molecular weight excluding hydrogens is 199 g/mol. The molecule has 1 heterocycles. The van der Waals surface area contributed by atoms with Crippen molar-refractivity contribution in [3.63, 3.8) is 0 Å². The van der Waals surface area contributed by atoms with E-state index in [1.165, 1.54) is 6.07 Å². The summed E-state index contributed by atoms with van der Waals surface area (Å²) in [5, 5.41) is 11.3. The van der Waals surface area contributed by atoms with Crippen molar-refractivity contribution in [1.82, 2.24) is 9.97 Å². The third-order valence-corrected chi connectivity index (χ3v) is 2.09. The van der Waals surface area contributed by atoms with Gasteiger partial charge in [0.25, 0.3) is 0 Å². The second kappa shape index (κ2) is 3.23. The van der Waals surface area contributed by atoms with Gasteiger partial charge < -0.3 is 15.9 Å². The van der Waals surface area contributed by atoms with E-state index in [1.54, 1.807) is 13.0 Å². The molecule has 0 amide bonds. The molecule has 0 unspecified atom stereocenters. The Balaban J connectivity index is 2.84. The minimum Gasteiger partial charge on any atom is -0.409 e. The van der Waals surface area contributed by atoms with Crippen LogP contribution in [0.5, 0.6) is 0 Å². The van der Waals surface area contributed by atoms with Crippen molar-refractivity contribution in [1.29, 1.82) is 0 Å². The number of oxime groups is 1. The number of imidazole rings is 1. The molecule has 6 heteroatoms. The average molecular weight is 208 g/mol. The zero-order valence-corrected chi connectivity index (χ0v) is 7.95. The number of nitrogens with two attached hydrogens (primary N) is 1. The summed E-state index contributed by atoms with van der Waals surface area (Å²) in [6, 6.07) is 2.80. The fraction of sp³-hybridized carbons (Fsp3) is 0.111. The smallest absolute Gasteiger partial charge is 0.175 e. The number of hydrogen-bond acceptors (Lipinski definition) is 3. The molecule has 2 rings (SSSR count). The molecule has 5 nitrogen and oxygen atoms in total. The zero-order valence-electron chi connectivity index (χ0n) is 7.95. The van der Waals surface area contributed by atoms with Gasteiger partial charge >= 0.3 is 0 Å². The van der Waals surface area contributed by atoms with E-state index in [2.05, 4.69) is 15.1 Å². The fourth-order valence-corrected chi connectivity index (χ4v) is 1.47. The van der Waals surface area contributed by atoms with E-state index in [-0.39, 0.29) is 11.4 Å². The molecule has 1 aromatic carbocycles. The minimum atomic E-state index is -0.565. The highest BCUT2D eigenvalue weighted by atomic mass is 19.1. The number of aromatic amines is 1. The maximum absolute atomic E-state index is 13.4. The lowest BCUT2D eigenvalue weighted by Gasteiger charge is -2.00. The van der Waals surface area contributed by atoms with Gasteiger partial charge in [0, 0.05) is 0 Å². The second-order valence-electron chi connectivity index (χ2n) is 3.13. The van der Waals surface area contributed by atoms with Crippen LogP contribution in [0.25, 0.3) is 11.0 Å². The molecule has 0 spiro atoms. The van der Waals surface area contributed by atoms with Gasteiger partial charge in [0.2, 0.25) is 0 Å². The fourth-order valence-electron chi connectivity index (χ4n) is 1.47. The summed E-state index contributed by atoms with van der Waals surface area (Å²) in [4.78, 5) is 7.01. The largest absolute Gasteiger partial charge is 0.409 e. The van der Waals surface area contributed by atoms with Gasteiger partial charge in [0.1, 0.15) is 17.2 Å². The van der Waals surface area contributed by atoms with Gasteiger partial charge in [-0.05, 0) is 19.1 Å². The van der Waals surface area contributed by atoms with Gasteiger partial charge in [0.05, 0.1) is 11.1 Å². The van der Waals surface area contributed by atoms with Crippen molar-refractivity contribution in [2.24, 2.45) is 10.9 Å². The van der Waals surface area contributed by atoms with Gasteiger partial charge in [-0.2, -0.15) is 0 Å². The van der Waals surface area contributed by atoms with Crippen LogP contribution in [-0.2, 0) is 0 Å². The monoisotopic (exact) mass is 208 g/mol. The number of amidine groups is 1. The zero-order chi connectivity index (χ0) is 11.0. The molecule has 0 saturated carbocycles. The number of nitrogens with zero attached hydrogens (tertiary/aromatic N) is 2. The Labute approximate surface area is 84.4 Å². The normalized spacial score (nSPS) is 12.3. The maximum Gasteiger partial charge on any atom is 0.175 e. The molecule has 78 valence electrons. The quantitative estimate of drug-likeness (QED) is 0.284. The molecule has 0 bridgehead atoms. The van der Waals surface area contributed by atoms with Gasteiger partial charge in [-0.3, -0.25) is 0 Å². The summed E-state index contributed by atoms with van der Waals surface area (Å²) in [6.07, 6.45) is 0. The van der Waals surface area contributed by atoms with Crippen LogP contribution in [0.1, 0.15) is 11.4 Å². The lowest BCUT2D eigenvalue weighted by Crippen LogP contribution is -2.15. The summed E-state index contributed by atoms with van der Waals surface area (Å²) in [7, 11) is 0. The number of benzene rings is 1. The van der Waals surface area contributed by atoms with Crippen LogP contribution in [-0.4, -0.2) is 21.0 Å². The molecule has 0 aliphatic heterocycles. The number of nitrogens with one attached hydrogen (secondary N) is 1. The van der Waals surface area contributed by atoms with Gasteiger partial charge in [-0.25, -0.2) is 9.37 Å². The predicted octanol–water partition coefficient (Wildman–Crippen LogP) is 1.10. The molecule has 0 fully saturated rings. The van der Waals surface area contributed by atoms with E-state index < -0.39 is 5.82 Å². The Kier molecular flexibility index (Phi) is 2.03. The standard InChI is InChI=1S/C9H9FN4O/c1-4-12-6-3-2-5(10)7(8(6)13-4)9(11)14-15/h2-3,15H,1H3,(H2,11,14)(H,12,13). The summed E-state index contributed by atoms with van der Waals surface area (Å²) in [5.41, 5.74) is 6.40. The Morgan fingerprint density at radius 3 is 3.00 bits per heavy atom. The number of rotatable bonds is 1. The highest BCUT2D eigenvalue weighted by Gasteiger charge is 2.14. The Hall–Kier alpha value is -2.11. The Morgan fingerprint density at radius 1 is 1.60 bits per heavy atom. The third kappa shape index (κ3) is 1.39. The van der Waals surface area contributed by atoms with Crippen LogP contribution < -0.4 is 5.73 Å². The highest BCUT2D eigenvalue weighted by Crippen LogP contribution is 2.19. The predicted molar refractivity (Wildman–Crippen MR) is 53.3 cm³/mol. The molecule has 1 aromatic heterocycles.